The molecule has 3 rings (SSSR count). The lowest BCUT2D eigenvalue weighted by Gasteiger charge is -2.36. The highest BCUT2D eigenvalue weighted by atomic mass is 32.2. The van der Waals surface area contributed by atoms with Gasteiger partial charge in [-0.2, -0.15) is 0 Å². The number of aryl methyl sites for hydroxylation is 2. The van der Waals surface area contributed by atoms with Gasteiger partial charge in [-0.05, 0) is 37.1 Å². The Kier molecular flexibility index (Phi) is 7.75. The molecule has 0 bridgehead atoms. The Morgan fingerprint density at radius 3 is 2.58 bits per heavy atom. The number of ether oxygens (including phenoxy) is 2. The fourth-order valence-corrected chi connectivity index (χ4v) is 4.89. The van der Waals surface area contributed by atoms with Crippen molar-refractivity contribution in [2.45, 2.75) is 43.8 Å². The van der Waals surface area contributed by atoms with Crippen molar-refractivity contribution in [1.82, 2.24) is 5.32 Å². The second kappa shape index (κ2) is 10.3. The molecular formula is C24H30N2O4S. The molecule has 1 aliphatic rings. The molecule has 1 N–H and O–H groups in total. The molecule has 0 radical (unpaired) electrons. The number of methoxy groups -OCH3 is 2. The summed E-state index contributed by atoms with van der Waals surface area (Å²) in [6.07, 6.45) is -0.521. The molecule has 1 heterocycles. The Balaban J connectivity index is 1.84. The highest BCUT2D eigenvalue weighted by Crippen LogP contribution is 2.42. The second-order valence-electron chi connectivity index (χ2n) is 7.80. The average Bonchev–Trinajstić information content (AvgIpc) is 2.77. The minimum absolute atomic E-state index is 0.0534. The van der Waals surface area contributed by atoms with Crippen LogP contribution in [-0.2, 0) is 25.6 Å². The maximum atomic E-state index is 13.6. The van der Waals surface area contributed by atoms with Crippen molar-refractivity contribution in [2.75, 3.05) is 25.7 Å². The number of thioether (sulfide) groups is 1. The molecular weight excluding hydrogens is 412 g/mol. The third kappa shape index (κ3) is 5.29. The Morgan fingerprint density at radius 1 is 1.16 bits per heavy atom. The quantitative estimate of drug-likeness (QED) is 0.632. The third-order valence-corrected chi connectivity index (χ3v) is 7.05. The van der Waals surface area contributed by atoms with Crippen molar-refractivity contribution in [3.8, 4) is 0 Å². The van der Waals surface area contributed by atoms with Crippen LogP contribution in [0.5, 0.6) is 0 Å². The summed E-state index contributed by atoms with van der Waals surface area (Å²) in [6, 6.07) is 14.1. The van der Waals surface area contributed by atoms with Crippen LogP contribution in [0.15, 0.2) is 47.4 Å². The van der Waals surface area contributed by atoms with Gasteiger partial charge in [0.25, 0.3) is 0 Å². The van der Waals surface area contributed by atoms with Crippen LogP contribution in [0.25, 0.3) is 0 Å². The number of para-hydroxylation sites is 1. The summed E-state index contributed by atoms with van der Waals surface area (Å²) in [5.41, 5.74) is 4.29. The summed E-state index contributed by atoms with van der Waals surface area (Å²) in [7, 11) is 3.04. The van der Waals surface area contributed by atoms with Crippen molar-refractivity contribution >= 4 is 29.3 Å². The van der Waals surface area contributed by atoms with Crippen LogP contribution in [0.2, 0.25) is 0 Å². The zero-order valence-corrected chi connectivity index (χ0v) is 19.5. The van der Waals surface area contributed by atoms with Crippen molar-refractivity contribution in [2.24, 2.45) is 5.92 Å². The van der Waals surface area contributed by atoms with E-state index in [-0.39, 0.29) is 18.4 Å². The summed E-state index contributed by atoms with van der Waals surface area (Å²) < 4.78 is 10.3. The largest absolute Gasteiger partial charge is 0.354 e. The van der Waals surface area contributed by atoms with Crippen molar-refractivity contribution in [1.29, 1.82) is 0 Å². The molecule has 6 nitrogen and oxygen atoms in total. The molecule has 0 unspecified atom stereocenters. The molecule has 2 amide bonds. The fraction of sp³-hybridized carbons (Fsp3) is 0.417. The molecule has 0 fully saturated rings. The van der Waals surface area contributed by atoms with Gasteiger partial charge in [0.1, 0.15) is 5.25 Å². The predicted octanol–water partition coefficient (Wildman–Crippen LogP) is 3.68. The van der Waals surface area contributed by atoms with Gasteiger partial charge in [-0.25, -0.2) is 0 Å². The molecule has 0 saturated heterocycles. The van der Waals surface area contributed by atoms with E-state index < -0.39 is 17.5 Å². The fourth-order valence-electron chi connectivity index (χ4n) is 3.60. The number of carbonyl (C=O) groups excluding carboxylic acids is 2. The first-order chi connectivity index (χ1) is 14.8. The summed E-state index contributed by atoms with van der Waals surface area (Å²) in [6.45, 7) is 6.60. The standard InChI is InChI=1S/C24H30N2O4S/c1-15-10-11-16(2)18(12-15)14-26-19-8-6-7-9-20(19)31-22(24(26)28)17(3)23(27)25-13-21(29-4)30-5/h6-12,17,21-22H,13-14H2,1-5H3,(H,25,27)/t17-,22-/m1/s1. The van der Waals surface area contributed by atoms with Crippen LogP contribution in [-0.4, -0.2) is 44.1 Å². The normalized spacial score (nSPS) is 16.9. The number of anilines is 1. The summed E-state index contributed by atoms with van der Waals surface area (Å²) >= 11 is 1.45. The second-order valence-corrected chi connectivity index (χ2v) is 8.98. The van der Waals surface area contributed by atoms with E-state index >= 15 is 0 Å². The summed E-state index contributed by atoms with van der Waals surface area (Å²) in [5, 5.41) is 2.32. The molecule has 7 heteroatoms. The highest BCUT2D eigenvalue weighted by Gasteiger charge is 2.39. The average molecular weight is 443 g/mol. The number of benzene rings is 2. The topological polar surface area (TPSA) is 67.9 Å². The lowest BCUT2D eigenvalue weighted by molar-refractivity contribution is -0.132. The number of carbonyl (C=O) groups is 2. The van der Waals surface area contributed by atoms with E-state index in [4.69, 9.17) is 9.47 Å². The molecule has 0 aromatic heterocycles. The number of amides is 2. The number of hydrogen-bond donors (Lipinski definition) is 1. The molecule has 0 aliphatic carbocycles. The lowest BCUT2D eigenvalue weighted by atomic mass is 10.0. The van der Waals surface area contributed by atoms with E-state index in [0.717, 1.165) is 27.3 Å². The first kappa shape index (κ1) is 23.3. The lowest BCUT2D eigenvalue weighted by Crippen LogP contribution is -2.48. The van der Waals surface area contributed by atoms with Gasteiger partial charge >= 0.3 is 0 Å². The van der Waals surface area contributed by atoms with Crippen molar-refractivity contribution in [3.63, 3.8) is 0 Å². The SMILES string of the molecule is COC(CNC(=O)[C@H](C)[C@H]1Sc2ccccc2N(Cc2cc(C)ccc2C)C1=O)OC. The smallest absolute Gasteiger partial charge is 0.241 e. The third-order valence-electron chi connectivity index (χ3n) is 5.59. The van der Waals surface area contributed by atoms with E-state index in [1.807, 2.05) is 36.1 Å². The van der Waals surface area contributed by atoms with Crippen LogP contribution in [0.1, 0.15) is 23.6 Å². The molecule has 1 aliphatic heterocycles. The molecule has 2 aromatic rings. The van der Waals surface area contributed by atoms with Crippen LogP contribution in [0, 0.1) is 19.8 Å². The Labute approximate surface area is 188 Å². The highest BCUT2D eigenvalue weighted by molar-refractivity contribution is 8.01. The summed E-state index contributed by atoms with van der Waals surface area (Å²) in [4.78, 5) is 29.2. The van der Waals surface area contributed by atoms with Crippen molar-refractivity contribution < 1.29 is 19.1 Å². The Morgan fingerprint density at radius 2 is 1.87 bits per heavy atom. The van der Waals surface area contributed by atoms with Crippen LogP contribution >= 0.6 is 11.8 Å². The van der Waals surface area contributed by atoms with E-state index in [1.54, 1.807) is 6.92 Å². The van der Waals surface area contributed by atoms with Gasteiger partial charge in [-0.1, -0.05) is 42.8 Å². The zero-order valence-electron chi connectivity index (χ0n) is 18.7. The number of nitrogens with zero attached hydrogens (tertiary/aromatic N) is 1. The monoisotopic (exact) mass is 442 g/mol. The number of nitrogens with one attached hydrogen (secondary N) is 1. The van der Waals surface area contributed by atoms with E-state index in [2.05, 4.69) is 30.4 Å². The first-order valence-electron chi connectivity index (χ1n) is 10.3. The molecule has 0 saturated carbocycles. The van der Waals surface area contributed by atoms with E-state index in [0.29, 0.717) is 6.54 Å². The Hall–Kier alpha value is -2.35. The van der Waals surface area contributed by atoms with Gasteiger partial charge in [0, 0.05) is 19.1 Å². The number of rotatable bonds is 8. The number of fused-ring (bicyclic) bond motifs is 1. The van der Waals surface area contributed by atoms with Crippen LogP contribution in [0.4, 0.5) is 5.69 Å². The van der Waals surface area contributed by atoms with Crippen LogP contribution < -0.4 is 10.2 Å². The molecule has 2 atom stereocenters. The molecule has 31 heavy (non-hydrogen) atoms. The van der Waals surface area contributed by atoms with Gasteiger partial charge in [0.15, 0.2) is 6.29 Å². The van der Waals surface area contributed by atoms with Gasteiger partial charge in [-0.15, -0.1) is 11.8 Å². The summed E-state index contributed by atoms with van der Waals surface area (Å²) in [5.74, 6) is -0.764. The molecule has 0 spiro atoms. The zero-order chi connectivity index (χ0) is 22.5. The molecule has 166 valence electrons. The van der Waals surface area contributed by atoms with E-state index in [1.165, 1.54) is 26.0 Å². The maximum absolute atomic E-state index is 13.6. The first-order valence-corrected chi connectivity index (χ1v) is 11.2. The molecule has 2 aromatic carbocycles. The van der Waals surface area contributed by atoms with Gasteiger partial charge in [-0.3, -0.25) is 9.59 Å². The Bertz CT molecular complexity index is 945. The maximum Gasteiger partial charge on any atom is 0.241 e. The van der Waals surface area contributed by atoms with Gasteiger partial charge in [0.05, 0.1) is 24.7 Å². The minimum atomic E-state index is -0.521. The number of hydrogen-bond acceptors (Lipinski definition) is 5. The van der Waals surface area contributed by atoms with Crippen molar-refractivity contribution in [3.05, 3.63) is 59.2 Å². The van der Waals surface area contributed by atoms with Crippen LogP contribution in [0.3, 0.4) is 0 Å². The van der Waals surface area contributed by atoms with E-state index in [9.17, 15) is 9.59 Å². The van der Waals surface area contributed by atoms with Gasteiger partial charge in [0.2, 0.25) is 11.8 Å². The predicted molar refractivity (Wildman–Crippen MR) is 123 cm³/mol. The minimum Gasteiger partial charge on any atom is -0.354 e. The van der Waals surface area contributed by atoms with Gasteiger partial charge < -0.3 is 19.7 Å².